The topological polar surface area (TPSA) is 119 Å². The monoisotopic (exact) mass is 578 g/mol. The molecule has 1 aliphatic heterocycles. The molecule has 218 valence electrons. The van der Waals surface area contributed by atoms with E-state index in [-0.39, 0.29) is 18.3 Å². The van der Waals surface area contributed by atoms with E-state index >= 15 is 0 Å². The summed E-state index contributed by atoms with van der Waals surface area (Å²) in [7, 11) is -3.80. The molecule has 0 radical (unpaired) electrons. The molecule has 0 spiro atoms. The van der Waals surface area contributed by atoms with E-state index in [4.69, 9.17) is 15.3 Å². The van der Waals surface area contributed by atoms with Crippen LogP contribution in [0.3, 0.4) is 0 Å². The number of rotatable bonds is 8. The molecule has 3 aromatic carbocycles. The molecule has 5 rings (SSSR count). The maximum atomic E-state index is 12.2. The van der Waals surface area contributed by atoms with Gasteiger partial charge in [-0.25, -0.2) is 14.3 Å². The highest BCUT2D eigenvalue weighted by Crippen LogP contribution is 2.42. The Labute approximate surface area is 242 Å². The van der Waals surface area contributed by atoms with Crippen LogP contribution in [-0.2, 0) is 21.2 Å². The first-order valence-corrected chi connectivity index (χ1v) is 15.6. The largest absolute Gasteiger partial charge is 0.493 e. The lowest BCUT2D eigenvalue weighted by Gasteiger charge is -2.28. The predicted octanol–water partition coefficient (Wildman–Crippen LogP) is 5.10. The second kappa shape index (κ2) is 11.1. The van der Waals surface area contributed by atoms with Crippen molar-refractivity contribution in [3.8, 4) is 22.6 Å². The van der Waals surface area contributed by atoms with Crippen molar-refractivity contribution < 1.29 is 27.8 Å². The average Bonchev–Trinajstić information content (AvgIpc) is 3.30. The van der Waals surface area contributed by atoms with Gasteiger partial charge < -0.3 is 14.6 Å². The Balaban J connectivity index is 1.32. The summed E-state index contributed by atoms with van der Waals surface area (Å²) in [5, 5.41) is 9.98. The van der Waals surface area contributed by atoms with Crippen LogP contribution in [-0.4, -0.2) is 41.8 Å². The number of carbonyl (C=O) groups is 1. The van der Waals surface area contributed by atoms with Gasteiger partial charge in [0.15, 0.2) is 0 Å². The molecule has 9 heteroatoms. The predicted molar refractivity (Wildman–Crippen MR) is 158 cm³/mol. The SMILES string of the molecule is Cc1cc(OCCC(C)(C)O)cc(C)c1-c1cccc2c1CC[C@H]2Oc1ccc(C2CC(=O)N(N)S(=O)(=O)C2)cc1. The van der Waals surface area contributed by atoms with Crippen molar-refractivity contribution in [2.24, 2.45) is 5.84 Å². The Morgan fingerprint density at radius 1 is 1.05 bits per heavy atom. The van der Waals surface area contributed by atoms with E-state index < -0.39 is 27.4 Å². The number of aliphatic hydroxyl groups is 1. The van der Waals surface area contributed by atoms with Crippen molar-refractivity contribution in [1.29, 1.82) is 0 Å². The van der Waals surface area contributed by atoms with Crippen molar-refractivity contribution >= 4 is 15.9 Å². The number of carbonyl (C=O) groups excluding carboxylic acids is 1. The summed E-state index contributed by atoms with van der Waals surface area (Å²) >= 11 is 0. The number of sulfonamides is 1. The first kappa shape index (κ1) is 29.1. The van der Waals surface area contributed by atoms with E-state index in [1.54, 1.807) is 13.8 Å². The molecular weight excluding hydrogens is 540 g/mol. The first-order valence-electron chi connectivity index (χ1n) is 14.0. The van der Waals surface area contributed by atoms with Gasteiger partial charge in [-0.05, 0) is 104 Å². The number of hydrogen-bond donors (Lipinski definition) is 2. The lowest BCUT2D eigenvalue weighted by Crippen LogP contribution is -2.49. The molecule has 8 nitrogen and oxygen atoms in total. The maximum Gasteiger partial charge on any atom is 0.251 e. The highest BCUT2D eigenvalue weighted by Gasteiger charge is 2.36. The Kier molecular flexibility index (Phi) is 7.89. The summed E-state index contributed by atoms with van der Waals surface area (Å²) in [5.74, 6) is 5.70. The van der Waals surface area contributed by atoms with Gasteiger partial charge in [-0.2, -0.15) is 4.41 Å². The molecule has 1 aliphatic carbocycles. The number of ether oxygens (including phenoxy) is 2. The van der Waals surface area contributed by atoms with Crippen LogP contribution in [0.1, 0.15) is 72.9 Å². The molecule has 1 amide bonds. The number of hydrazine groups is 1. The highest BCUT2D eigenvalue weighted by molar-refractivity contribution is 7.89. The molecule has 2 aliphatic rings. The van der Waals surface area contributed by atoms with E-state index in [0.717, 1.165) is 35.3 Å². The zero-order valence-electron chi connectivity index (χ0n) is 24.0. The summed E-state index contributed by atoms with van der Waals surface area (Å²) in [5.41, 5.74) is 7.15. The van der Waals surface area contributed by atoms with Crippen LogP contribution < -0.4 is 15.3 Å². The standard InChI is InChI=1S/C32H38N2O6S/c1-20-16-25(39-15-14-32(3,4)36)17-21(2)31(20)28-7-5-6-27-26(28)12-13-29(27)40-24-10-8-22(9-11-24)23-18-30(35)34(33)41(37,38)19-23/h5-11,16-17,23,29,36H,12-15,18-19,33H2,1-4H3/t23?,29-/m1/s1. The molecular formula is C32H38N2O6S. The maximum absolute atomic E-state index is 12.2. The molecule has 1 heterocycles. The van der Waals surface area contributed by atoms with Crippen LogP contribution in [0.4, 0.5) is 0 Å². The second-order valence-corrected chi connectivity index (χ2v) is 13.7. The van der Waals surface area contributed by atoms with Gasteiger partial charge in [0, 0.05) is 18.8 Å². The van der Waals surface area contributed by atoms with E-state index in [2.05, 4.69) is 44.2 Å². The fraction of sp³-hybridized carbons (Fsp3) is 0.406. The van der Waals surface area contributed by atoms with Crippen molar-refractivity contribution in [1.82, 2.24) is 4.41 Å². The van der Waals surface area contributed by atoms with Gasteiger partial charge in [0.2, 0.25) is 0 Å². The van der Waals surface area contributed by atoms with Gasteiger partial charge in [-0.15, -0.1) is 0 Å². The molecule has 3 N–H and O–H groups in total. The van der Waals surface area contributed by atoms with Crippen molar-refractivity contribution in [2.75, 3.05) is 12.4 Å². The molecule has 0 saturated carbocycles. The van der Waals surface area contributed by atoms with Crippen LogP contribution in [0.5, 0.6) is 11.5 Å². The number of nitrogens with two attached hydrogens (primary N) is 1. The third-order valence-corrected chi connectivity index (χ3v) is 9.61. The quantitative estimate of drug-likeness (QED) is 0.282. The Morgan fingerprint density at radius 2 is 1.73 bits per heavy atom. The molecule has 2 atom stereocenters. The molecule has 3 aromatic rings. The van der Waals surface area contributed by atoms with Crippen LogP contribution in [0.2, 0.25) is 0 Å². The van der Waals surface area contributed by atoms with Gasteiger partial charge >= 0.3 is 0 Å². The van der Waals surface area contributed by atoms with Crippen molar-refractivity contribution in [3.05, 3.63) is 82.4 Å². The lowest BCUT2D eigenvalue weighted by atomic mass is 9.90. The summed E-state index contributed by atoms with van der Waals surface area (Å²) in [4.78, 5) is 12.1. The van der Waals surface area contributed by atoms with Gasteiger partial charge in [-0.1, -0.05) is 30.3 Å². The van der Waals surface area contributed by atoms with E-state index in [9.17, 15) is 18.3 Å². The number of aryl methyl sites for hydroxylation is 2. The molecule has 0 bridgehead atoms. The lowest BCUT2D eigenvalue weighted by molar-refractivity contribution is -0.127. The second-order valence-electron chi connectivity index (χ2n) is 11.8. The van der Waals surface area contributed by atoms with Gasteiger partial charge in [0.25, 0.3) is 15.9 Å². The first-order chi connectivity index (χ1) is 19.3. The third-order valence-electron chi connectivity index (χ3n) is 7.98. The van der Waals surface area contributed by atoms with E-state index in [1.165, 1.54) is 22.3 Å². The number of nitrogens with zero attached hydrogens (tertiary/aromatic N) is 1. The summed E-state index contributed by atoms with van der Waals surface area (Å²) in [6.07, 6.45) is 2.27. The fourth-order valence-corrected chi connectivity index (χ4v) is 7.23. The third kappa shape index (κ3) is 6.27. The Morgan fingerprint density at radius 3 is 2.37 bits per heavy atom. The normalized spacial score (nSPS) is 20.1. The fourth-order valence-electron chi connectivity index (χ4n) is 5.87. The van der Waals surface area contributed by atoms with Crippen LogP contribution in [0.15, 0.2) is 54.6 Å². The minimum atomic E-state index is -3.80. The zero-order valence-corrected chi connectivity index (χ0v) is 24.8. The van der Waals surface area contributed by atoms with Gasteiger partial charge in [0.05, 0.1) is 18.0 Å². The average molecular weight is 579 g/mol. The molecule has 1 fully saturated rings. The van der Waals surface area contributed by atoms with Crippen LogP contribution in [0.25, 0.3) is 11.1 Å². The van der Waals surface area contributed by atoms with E-state index in [0.29, 0.717) is 23.2 Å². The Hall–Kier alpha value is -3.40. The number of fused-ring (bicyclic) bond motifs is 1. The summed E-state index contributed by atoms with van der Waals surface area (Å²) < 4.78 is 37.1. The molecule has 1 saturated heterocycles. The van der Waals surface area contributed by atoms with E-state index in [1.807, 2.05) is 24.3 Å². The minimum absolute atomic E-state index is 0.0570. The van der Waals surface area contributed by atoms with Crippen LogP contribution >= 0.6 is 0 Å². The number of amides is 1. The van der Waals surface area contributed by atoms with Crippen molar-refractivity contribution in [3.63, 3.8) is 0 Å². The zero-order chi connectivity index (χ0) is 29.5. The summed E-state index contributed by atoms with van der Waals surface area (Å²) in [6.45, 7) is 8.22. The molecule has 0 aromatic heterocycles. The Bertz CT molecular complexity index is 1540. The summed E-state index contributed by atoms with van der Waals surface area (Å²) in [6, 6.07) is 17.8. The minimum Gasteiger partial charge on any atom is -0.493 e. The molecule has 1 unspecified atom stereocenters. The number of hydrogen-bond acceptors (Lipinski definition) is 7. The van der Waals surface area contributed by atoms with Gasteiger partial charge in [0.1, 0.15) is 17.6 Å². The van der Waals surface area contributed by atoms with Gasteiger partial charge in [-0.3, -0.25) is 4.79 Å². The molecule has 41 heavy (non-hydrogen) atoms. The smallest absolute Gasteiger partial charge is 0.251 e. The van der Waals surface area contributed by atoms with Crippen molar-refractivity contribution in [2.45, 2.75) is 71.0 Å². The number of benzene rings is 3. The van der Waals surface area contributed by atoms with Crippen LogP contribution in [0, 0.1) is 13.8 Å². The highest BCUT2D eigenvalue weighted by atomic mass is 32.2.